The van der Waals surface area contributed by atoms with E-state index < -0.39 is 12.1 Å². The molecule has 0 aliphatic carbocycles. The molecule has 0 unspecified atom stereocenters. The fourth-order valence-electron chi connectivity index (χ4n) is 0.875. The normalized spacial score (nSPS) is 10.8. The van der Waals surface area contributed by atoms with Gasteiger partial charge in [0.15, 0.2) is 5.75 Å². The van der Waals surface area contributed by atoms with Crippen molar-refractivity contribution in [3.63, 3.8) is 0 Å². The molecule has 0 saturated carbocycles. The van der Waals surface area contributed by atoms with Crippen LogP contribution < -0.4 is 9.47 Å². The molecular formula is C8H4BrF3N2O2. The van der Waals surface area contributed by atoms with Crippen LogP contribution in [0.15, 0.2) is 10.5 Å². The standard InChI is InChI=1S/C8H4BrF3N2O2/c1-15-7-6(9)5(16-8(10,11)12)2-4(3-13)14-7/h2H,1H3. The molecular weight excluding hydrogens is 293 g/mol. The van der Waals surface area contributed by atoms with Crippen molar-refractivity contribution in [1.29, 1.82) is 5.26 Å². The Morgan fingerprint density at radius 1 is 1.50 bits per heavy atom. The molecule has 1 heterocycles. The van der Waals surface area contributed by atoms with E-state index in [-0.39, 0.29) is 16.0 Å². The van der Waals surface area contributed by atoms with E-state index in [9.17, 15) is 13.2 Å². The Morgan fingerprint density at radius 3 is 2.56 bits per heavy atom. The van der Waals surface area contributed by atoms with Gasteiger partial charge in [0.1, 0.15) is 16.2 Å². The van der Waals surface area contributed by atoms with Gasteiger partial charge in [-0.25, -0.2) is 4.98 Å². The van der Waals surface area contributed by atoms with Crippen molar-refractivity contribution in [1.82, 2.24) is 4.98 Å². The Hall–Kier alpha value is -1.49. The molecule has 0 aromatic carbocycles. The zero-order valence-electron chi connectivity index (χ0n) is 7.80. The molecule has 0 N–H and O–H groups in total. The van der Waals surface area contributed by atoms with Gasteiger partial charge in [0, 0.05) is 6.07 Å². The van der Waals surface area contributed by atoms with Crippen LogP contribution in [-0.2, 0) is 0 Å². The van der Waals surface area contributed by atoms with Gasteiger partial charge < -0.3 is 9.47 Å². The molecule has 0 saturated heterocycles. The molecule has 16 heavy (non-hydrogen) atoms. The Labute approximate surface area is 96.7 Å². The van der Waals surface area contributed by atoms with Crippen molar-refractivity contribution < 1.29 is 22.6 Å². The fourth-order valence-corrected chi connectivity index (χ4v) is 1.32. The van der Waals surface area contributed by atoms with Gasteiger partial charge >= 0.3 is 6.36 Å². The molecule has 0 amide bonds. The lowest BCUT2D eigenvalue weighted by Crippen LogP contribution is -2.17. The van der Waals surface area contributed by atoms with Crippen LogP contribution in [0.5, 0.6) is 11.6 Å². The quantitative estimate of drug-likeness (QED) is 0.842. The minimum absolute atomic E-state index is 0.105. The maximum atomic E-state index is 12.0. The minimum Gasteiger partial charge on any atom is -0.480 e. The highest BCUT2D eigenvalue weighted by Gasteiger charge is 2.33. The number of ether oxygens (including phenoxy) is 2. The van der Waals surface area contributed by atoms with E-state index in [0.717, 1.165) is 6.07 Å². The van der Waals surface area contributed by atoms with Gasteiger partial charge in [-0.2, -0.15) is 5.26 Å². The second kappa shape index (κ2) is 4.57. The molecule has 4 nitrogen and oxygen atoms in total. The van der Waals surface area contributed by atoms with Crippen molar-refractivity contribution in [2.24, 2.45) is 0 Å². The summed E-state index contributed by atoms with van der Waals surface area (Å²) < 4.78 is 44.3. The Morgan fingerprint density at radius 2 is 2.12 bits per heavy atom. The summed E-state index contributed by atoms with van der Waals surface area (Å²) in [7, 11) is 1.21. The molecule has 0 radical (unpaired) electrons. The highest BCUT2D eigenvalue weighted by Crippen LogP contribution is 2.36. The average molecular weight is 297 g/mol. The van der Waals surface area contributed by atoms with Gasteiger partial charge in [-0.3, -0.25) is 0 Å². The van der Waals surface area contributed by atoms with Crippen LogP contribution in [0.4, 0.5) is 13.2 Å². The molecule has 0 aliphatic heterocycles. The Balaban J connectivity index is 3.23. The lowest BCUT2D eigenvalue weighted by Gasteiger charge is -2.12. The summed E-state index contributed by atoms with van der Waals surface area (Å²) in [5.41, 5.74) is -0.237. The van der Waals surface area contributed by atoms with E-state index in [1.807, 2.05) is 0 Å². The van der Waals surface area contributed by atoms with Crippen LogP contribution in [0.3, 0.4) is 0 Å². The maximum absolute atomic E-state index is 12.0. The van der Waals surface area contributed by atoms with Gasteiger partial charge in [0.2, 0.25) is 5.88 Å². The van der Waals surface area contributed by atoms with Crippen molar-refractivity contribution in [2.45, 2.75) is 6.36 Å². The summed E-state index contributed by atoms with van der Waals surface area (Å²) in [4.78, 5) is 3.62. The van der Waals surface area contributed by atoms with Crippen LogP contribution in [0.25, 0.3) is 0 Å². The van der Waals surface area contributed by atoms with Crippen LogP contribution in [0, 0.1) is 11.3 Å². The largest absolute Gasteiger partial charge is 0.573 e. The van der Waals surface area contributed by atoms with Crippen molar-refractivity contribution >= 4 is 15.9 Å². The van der Waals surface area contributed by atoms with Crippen LogP contribution >= 0.6 is 15.9 Å². The summed E-state index contributed by atoms with van der Waals surface area (Å²) in [6.45, 7) is 0. The zero-order valence-corrected chi connectivity index (χ0v) is 9.39. The Bertz CT molecular complexity index is 442. The maximum Gasteiger partial charge on any atom is 0.573 e. The predicted octanol–water partition coefficient (Wildman–Crippen LogP) is 2.62. The fraction of sp³-hybridized carbons (Fsp3) is 0.250. The van der Waals surface area contributed by atoms with Gasteiger partial charge in [0.25, 0.3) is 0 Å². The summed E-state index contributed by atoms with van der Waals surface area (Å²) in [5, 5.41) is 8.55. The first-order chi connectivity index (χ1) is 7.37. The molecule has 1 aromatic heterocycles. The van der Waals surface area contributed by atoms with Crippen molar-refractivity contribution in [2.75, 3.05) is 7.11 Å². The topological polar surface area (TPSA) is 55.1 Å². The summed E-state index contributed by atoms with van der Waals surface area (Å²) in [6.07, 6.45) is -4.85. The molecule has 0 atom stereocenters. The van der Waals surface area contributed by atoms with Crippen molar-refractivity contribution in [3.05, 3.63) is 16.2 Å². The third-order valence-corrected chi connectivity index (χ3v) is 2.16. The number of rotatable bonds is 2. The van der Waals surface area contributed by atoms with Gasteiger partial charge in [-0.15, -0.1) is 13.2 Å². The lowest BCUT2D eigenvalue weighted by atomic mass is 10.3. The molecule has 1 aromatic rings. The van der Waals surface area contributed by atoms with E-state index in [4.69, 9.17) is 5.26 Å². The highest BCUT2D eigenvalue weighted by molar-refractivity contribution is 9.10. The van der Waals surface area contributed by atoms with E-state index in [0.29, 0.717) is 0 Å². The van der Waals surface area contributed by atoms with Gasteiger partial charge in [-0.05, 0) is 15.9 Å². The second-order valence-electron chi connectivity index (χ2n) is 2.49. The number of pyridine rings is 1. The molecule has 1 rings (SSSR count). The third-order valence-electron chi connectivity index (χ3n) is 1.43. The number of hydrogen-bond acceptors (Lipinski definition) is 4. The first-order valence-corrected chi connectivity index (χ1v) is 4.57. The van der Waals surface area contributed by atoms with E-state index in [1.165, 1.54) is 7.11 Å². The highest BCUT2D eigenvalue weighted by atomic mass is 79.9. The van der Waals surface area contributed by atoms with E-state index in [1.54, 1.807) is 6.07 Å². The number of aromatic nitrogens is 1. The Kier molecular flexibility index (Phi) is 3.59. The molecule has 0 fully saturated rings. The molecule has 0 spiro atoms. The predicted molar refractivity (Wildman–Crippen MR) is 49.9 cm³/mol. The van der Waals surface area contributed by atoms with Gasteiger partial charge in [0.05, 0.1) is 7.11 Å². The number of halogens is 4. The first kappa shape index (κ1) is 12.6. The SMILES string of the molecule is COc1nc(C#N)cc(OC(F)(F)F)c1Br. The number of alkyl halides is 3. The number of methoxy groups -OCH3 is 1. The monoisotopic (exact) mass is 296 g/mol. The van der Waals surface area contributed by atoms with Crippen LogP contribution in [0.2, 0.25) is 0 Å². The molecule has 8 heteroatoms. The summed E-state index contributed by atoms with van der Waals surface area (Å²) in [5.74, 6) is -0.728. The summed E-state index contributed by atoms with van der Waals surface area (Å²) in [6, 6.07) is 2.46. The zero-order chi connectivity index (χ0) is 12.3. The molecule has 0 aliphatic rings. The second-order valence-corrected chi connectivity index (χ2v) is 3.28. The molecule has 86 valence electrons. The average Bonchev–Trinajstić information content (AvgIpc) is 2.19. The number of nitriles is 1. The molecule has 0 bridgehead atoms. The number of nitrogens with zero attached hydrogens (tertiary/aromatic N) is 2. The summed E-state index contributed by atoms with van der Waals surface area (Å²) >= 11 is 2.84. The third kappa shape index (κ3) is 3.00. The first-order valence-electron chi connectivity index (χ1n) is 3.77. The smallest absolute Gasteiger partial charge is 0.480 e. The van der Waals surface area contributed by atoms with Gasteiger partial charge in [-0.1, -0.05) is 0 Å². The van der Waals surface area contributed by atoms with E-state index >= 15 is 0 Å². The van der Waals surface area contributed by atoms with Crippen molar-refractivity contribution in [3.8, 4) is 17.7 Å². The minimum atomic E-state index is -4.85. The van der Waals surface area contributed by atoms with Crippen LogP contribution in [0.1, 0.15) is 5.69 Å². The number of hydrogen-bond donors (Lipinski definition) is 0. The lowest BCUT2D eigenvalue weighted by molar-refractivity contribution is -0.274. The van der Waals surface area contributed by atoms with E-state index in [2.05, 4.69) is 30.4 Å². The van der Waals surface area contributed by atoms with Crippen LogP contribution in [-0.4, -0.2) is 18.5 Å².